The summed E-state index contributed by atoms with van der Waals surface area (Å²) in [5, 5.41) is 24.1. The Kier molecular flexibility index (Phi) is 6.89. The summed E-state index contributed by atoms with van der Waals surface area (Å²) in [6.07, 6.45) is 4.46. The minimum Gasteiger partial charge on any atom is -0.480 e. The first-order valence-electron chi connectivity index (χ1n) is 6.73. The number of anilines is 1. The van der Waals surface area contributed by atoms with Gasteiger partial charge in [0.15, 0.2) is 0 Å². The lowest BCUT2D eigenvalue weighted by Crippen LogP contribution is -2.44. The summed E-state index contributed by atoms with van der Waals surface area (Å²) in [5.41, 5.74) is 0.762. The maximum Gasteiger partial charge on any atom is 0.323 e. The van der Waals surface area contributed by atoms with Gasteiger partial charge in [-0.2, -0.15) is 0 Å². The molecule has 112 valence electrons. The van der Waals surface area contributed by atoms with Crippen molar-refractivity contribution >= 4 is 11.9 Å². The fourth-order valence-electron chi connectivity index (χ4n) is 1.61. The molecule has 20 heavy (non-hydrogen) atoms. The van der Waals surface area contributed by atoms with Crippen molar-refractivity contribution in [3.63, 3.8) is 0 Å². The Balaban J connectivity index is 2.46. The zero-order chi connectivity index (χ0) is 15.0. The second kappa shape index (κ2) is 8.44. The van der Waals surface area contributed by atoms with E-state index in [4.69, 9.17) is 5.11 Å². The Morgan fingerprint density at radius 2 is 2.05 bits per heavy atom. The van der Waals surface area contributed by atoms with Crippen LogP contribution in [-0.2, 0) is 11.3 Å². The lowest BCUT2D eigenvalue weighted by molar-refractivity contribution is -0.142. The molecule has 0 unspecified atom stereocenters. The van der Waals surface area contributed by atoms with Crippen molar-refractivity contribution in [3.8, 4) is 0 Å². The van der Waals surface area contributed by atoms with E-state index in [1.54, 1.807) is 12.4 Å². The van der Waals surface area contributed by atoms with Gasteiger partial charge in [0.05, 0.1) is 6.10 Å². The first kappa shape index (κ1) is 16.3. The third-order valence-corrected chi connectivity index (χ3v) is 2.79. The minimum atomic E-state index is -1.08. The van der Waals surface area contributed by atoms with E-state index in [0.29, 0.717) is 5.95 Å². The number of hydrogen-bond donors (Lipinski definition) is 4. The van der Waals surface area contributed by atoms with Gasteiger partial charge >= 0.3 is 5.97 Å². The number of carboxylic acid groups (broad SMARTS) is 1. The van der Waals surface area contributed by atoms with Crippen LogP contribution in [0.25, 0.3) is 0 Å². The van der Waals surface area contributed by atoms with E-state index in [1.165, 1.54) is 6.92 Å². The number of rotatable bonds is 9. The van der Waals surface area contributed by atoms with Crippen LogP contribution in [0.4, 0.5) is 5.95 Å². The average Bonchev–Trinajstić information content (AvgIpc) is 2.40. The van der Waals surface area contributed by atoms with Crippen LogP contribution >= 0.6 is 0 Å². The maximum atomic E-state index is 10.9. The predicted molar refractivity (Wildman–Crippen MR) is 75.4 cm³/mol. The molecule has 0 saturated heterocycles. The molecule has 7 heteroatoms. The Morgan fingerprint density at radius 1 is 1.40 bits per heavy atom. The standard InChI is InChI=1S/C13H22N4O3/c1-3-4-5-14-13-16-7-10(8-17-13)6-15-11(9(2)18)12(19)20/h7-9,11,15,18H,3-6H2,1-2H3,(H,19,20)(H,14,16,17)/t9-,11-/m0/s1. The van der Waals surface area contributed by atoms with Crippen LogP contribution in [0.1, 0.15) is 32.3 Å². The molecule has 0 radical (unpaired) electrons. The van der Waals surface area contributed by atoms with Crippen LogP contribution < -0.4 is 10.6 Å². The Bertz CT molecular complexity index is 409. The van der Waals surface area contributed by atoms with Crippen LogP contribution in [0.3, 0.4) is 0 Å². The van der Waals surface area contributed by atoms with E-state index >= 15 is 0 Å². The van der Waals surface area contributed by atoms with Crippen LogP contribution in [0, 0.1) is 0 Å². The van der Waals surface area contributed by atoms with E-state index in [2.05, 4.69) is 27.5 Å². The van der Waals surface area contributed by atoms with Crippen molar-refractivity contribution in [1.29, 1.82) is 0 Å². The Hall–Kier alpha value is -1.73. The topological polar surface area (TPSA) is 107 Å². The summed E-state index contributed by atoms with van der Waals surface area (Å²) in [6.45, 7) is 4.66. The van der Waals surface area contributed by atoms with Gasteiger partial charge in [-0.1, -0.05) is 13.3 Å². The van der Waals surface area contributed by atoms with Crippen LogP contribution in [0.15, 0.2) is 12.4 Å². The monoisotopic (exact) mass is 282 g/mol. The summed E-state index contributed by atoms with van der Waals surface area (Å²) in [5.74, 6) is -0.522. The number of nitrogens with zero attached hydrogens (tertiary/aromatic N) is 2. The molecule has 1 aromatic rings. The molecule has 4 N–H and O–H groups in total. The number of aliphatic hydroxyl groups excluding tert-OH is 1. The summed E-state index contributed by atoms with van der Waals surface area (Å²) >= 11 is 0. The summed E-state index contributed by atoms with van der Waals surface area (Å²) in [7, 11) is 0. The summed E-state index contributed by atoms with van der Waals surface area (Å²) in [6, 6.07) is -1.00. The molecular weight excluding hydrogens is 260 g/mol. The van der Waals surface area contributed by atoms with Crippen LogP contribution in [-0.4, -0.2) is 44.8 Å². The number of aromatic nitrogens is 2. The molecule has 2 atom stereocenters. The second-order valence-corrected chi connectivity index (χ2v) is 4.63. The van der Waals surface area contributed by atoms with Crippen molar-refractivity contribution in [3.05, 3.63) is 18.0 Å². The predicted octanol–water partition coefficient (Wildman–Crippen LogP) is 0.612. The van der Waals surface area contributed by atoms with E-state index in [-0.39, 0.29) is 6.54 Å². The first-order valence-corrected chi connectivity index (χ1v) is 6.73. The van der Waals surface area contributed by atoms with Gasteiger partial charge < -0.3 is 15.5 Å². The van der Waals surface area contributed by atoms with Crippen molar-refractivity contribution in [2.45, 2.75) is 45.4 Å². The van der Waals surface area contributed by atoms with Gasteiger partial charge in [0, 0.05) is 31.0 Å². The van der Waals surface area contributed by atoms with E-state index in [0.717, 1.165) is 24.9 Å². The fraction of sp³-hybridized carbons (Fsp3) is 0.615. The fourth-order valence-corrected chi connectivity index (χ4v) is 1.61. The van der Waals surface area contributed by atoms with Gasteiger partial charge in [0.2, 0.25) is 5.95 Å². The average molecular weight is 282 g/mol. The van der Waals surface area contributed by atoms with Crippen molar-refractivity contribution < 1.29 is 15.0 Å². The molecule has 1 aromatic heterocycles. The zero-order valence-corrected chi connectivity index (χ0v) is 11.8. The third kappa shape index (κ3) is 5.50. The highest BCUT2D eigenvalue weighted by molar-refractivity contribution is 5.74. The van der Waals surface area contributed by atoms with Crippen molar-refractivity contribution in [2.75, 3.05) is 11.9 Å². The number of aliphatic hydroxyl groups is 1. The third-order valence-electron chi connectivity index (χ3n) is 2.79. The van der Waals surface area contributed by atoms with E-state index < -0.39 is 18.1 Å². The molecule has 0 aliphatic heterocycles. The summed E-state index contributed by atoms with van der Waals surface area (Å²) in [4.78, 5) is 19.2. The molecule has 0 amide bonds. The maximum absolute atomic E-state index is 10.9. The van der Waals surface area contributed by atoms with Crippen molar-refractivity contribution in [2.24, 2.45) is 0 Å². The normalized spacial score (nSPS) is 13.8. The molecule has 7 nitrogen and oxygen atoms in total. The second-order valence-electron chi connectivity index (χ2n) is 4.63. The lowest BCUT2D eigenvalue weighted by atomic mass is 10.2. The molecule has 1 heterocycles. The molecule has 0 aromatic carbocycles. The molecule has 0 spiro atoms. The molecule has 0 aliphatic rings. The lowest BCUT2D eigenvalue weighted by Gasteiger charge is -2.16. The number of unbranched alkanes of at least 4 members (excludes halogenated alkanes) is 1. The number of nitrogens with one attached hydrogen (secondary N) is 2. The Labute approximate surface area is 118 Å². The van der Waals surface area contributed by atoms with Crippen molar-refractivity contribution in [1.82, 2.24) is 15.3 Å². The number of aliphatic carboxylic acids is 1. The highest BCUT2D eigenvalue weighted by Crippen LogP contribution is 2.02. The van der Waals surface area contributed by atoms with Gasteiger partial charge in [-0.05, 0) is 13.3 Å². The first-order chi connectivity index (χ1) is 9.54. The smallest absolute Gasteiger partial charge is 0.323 e. The van der Waals surface area contributed by atoms with Crippen LogP contribution in [0.2, 0.25) is 0 Å². The highest BCUT2D eigenvalue weighted by Gasteiger charge is 2.22. The van der Waals surface area contributed by atoms with Gasteiger partial charge in [-0.25, -0.2) is 9.97 Å². The van der Waals surface area contributed by atoms with E-state index in [9.17, 15) is 9.90 Å². The number of carboxylic acids is 1. The molecule has 0 aliphatic carbocycles. The van der Waals surface area contributed by atoms with Crippen LogP contribution in [0.5, 0.6) is 0 Å². The van der Waals surface area contributed by atoms with Gasteiger partial charge in [0.25, 0.3) is 0 Å². The van der Waals surface area contributed by atoms with E-state index in [1.807, 2.05) is 0 Å². The number of hydrogen-bond acceptors (Lipinski definition) is 6. The molecule has 0 bridgehead atoms. The highest BCUT2D eigenvalue weighted by atomic mass is 16.4. The summed E-state index contributed by atoms with van der Waals surface area (Å²) < 4.78 is 0. The van der Waals surface area contributed by atoms with Gasteiger partial charge in [-0.15, -0.1) is 0 Å². The molecular formula is C13H22N4O3. The zero-order valence-electron chi connectivity index (χ0n) is 11.8. The SMILES string of the molecule is CCCCNc1ncc(CN[C@H](C(=O)O)[C@H](C)O)cn1. The molecule has 1 rings (SSSR count). The quantitative estimate of drug-likeness (QED) is 0.492. The number of carbonyl (C=O) groups is 1. The minimum absolute atomic E-state index is 0.289. The van der Waals surface area contributed by atoms with Gasteiger partial charge in [0.1, 0.15) is 6.04 Å². The molecule has 0 fully saturated rings. The Morgan fingerprint density at radius 3 is 2.55 bits per heavy atom. The largest absolute Gasteiger partial charge is 0.480 e. The molecule has 0 saturated carbocycles. The van der Waals surface area contributed by atoms with Gasteiger partial charge in [-0.3, -0.25) is 10.1 Å².